The number of amides is 1. The second-order valence-electron chi connectivity index (χ2n) is 3.76. The van der Waals surface area contributed by atoms with E-state index in [1.807, 2.05) is 6.92 Å². The number of carbonyl (C=O) groups is 1. The van der Waals surface area contributed by atoms with Crippen LogP contribution < -0.4 is 11.1 Å². The number of halogens is 1. The summed E-state index contributed by atoms with van der Waals surface area (Å²) in [6.07, 6.45) is 0.528. The molecule has 4 N–H and O–H groups in total. The molecule has 0 radical (unpaired) electrons. The Morgan fingerprint density at radius 3 is 2.82 bits per heavy atom. The molecule has 0 spiro atoms. The molecule has 0 saturated carbocycles. The summed E-state index contributed by atoms with van der Waals surface area (Å²) in [7, 11) is 0. The van der Waals surface area contributed by atoms with Gasteiger partial charge in [-0.3, -0.25) is 4.79 Å². The van der Waals surface area contributed by atoms with Crippen LogP contribution in [0.15, 0.2) is 20.4 Å². The molecule has 0 aliphatic carbocycles. The van der Waals surface area contributed by atoms with Crippen LogP contribution in [0.5, 0.6) is 0 Å². The third kappa shape index (κ3) is 3.19. The number of carbonyl (C=O) groups excluding carboxylic acids is 1. The van der Waals surface area contributed by atoms with Crippen molar-refractivity contribution in [2.24, 2.45) is 10.9 Å². The molecule has 17 heavy (non-hydrogen) atoms. The maximum Gasteiger partial charge on any atom is 0.252 e. The van der Waals surface area contributed by atoms with Gasteiger partial charge in [-0.15, -0.1) is 11.3 Å². The quantitative estimate of drug-likeness (QED) is 0.344. The number of thiophene rings is 1. The fourth-order valence-corrected chi connectivity index (χ4v) is 2.33. The highest BCUT2D eigenvalue weighted by Crippen LogP contribution is 2.21. The van der Waals surface area contributed by atoms with Crippen molar-refractivity contribution in [2.75, 3.05) is 0 Å². The Kier molecular flexibility index (Phi) is 4.53. The van der Waals surface area contributed by atoms with E-state index >= 15 is 0 Å². The molecule has 0 bridgehead atoms. The Labute approximate surface area is 112 Å². The van der Waals surface area contributed by atoms with Crippen LogP contribution in [-0.4, -0.2) is 22.5 Å². The summed E-state index contributed by atoms with van der Waals surface area (Å²) in [4.78, 5) is 11.9. The van der Waals surface area contributed by atoms with Crippen LogP contribution in [0.1, 0.15) is 30.6 Å². The molecule has 1 heterocycles. The zero-order chi connectivity index (χ0) is 13.1. The molecule has 0 fully saturated rings. The molecule has 1 aromatic rings. The van der Waals surface area contributed by atoms with E-state index < -0.39 is 5.54 Å². The molecule has 1 aromatic heterocycles. The van der Waals surface area contributed by atoms with Crippen molar-refractivity contribution in [1.29, 1.82) is 0 Å². The number of nitrogens with one attached hydrogen (secondary N) is 1. The Morgan fingerprint density at radius 1 is 1.76 bits per heavy atom. The molecule has 94 valence electrons. The van der Waals surface area contributed by atoms with Gasteiger partial charge in [-0.2, -0.15) is 0 Å². The maximum atomic E-state index is 11.9. The second kappa shape index (κ2) is 5.50. The summed E-state index contributed by atoms with van der Waals surface area (Å²) in [5.74, 6) is -0.259. The van der Waals surface area contributed by atoms with Crippen molar-refractivity contribution in [3.63, 3.8) is 0 Å². The Hall–Kier alpha value is -1.08. The highest BCUT2D eigenvalue weighted by atomic mass is 79.9. The number of hydrogen-bond acceptors (Lipinski definition) is 4. The zero-order valence-corrected chi connectivity index (χ0v) is 11.9. The third-order valence-electron chi connectivity index (χ3n) is 2.60. The highest BCUT2D eigenvalue weighted by Gasteiger charge is 2.30. The number of nitrogens with zero attached hydrogens (tertiary/aromatic N) is 1. The van der Waals surface area contributed by atoms with Gasteiger partial charge in [0.15, 0.2) is 5.84 Å². The van der Waals surface area contributed by atoms with Crippen molar-refractivity contribution in [3.05, 3.63) is 20.8 Å². The van der Waals surface area contributed by atoms with Crippen LogP contribution in [0.2, 0.25) is 0 Å². The summed E-state index contributed by atoms with van der Waals surface area (Å²) in [6.45, 7) is 3.56. The van der Waals surface area contributed by atoms with Gasteiger partial charge in [0.25, 0.3) is 5.91 Å². The molecule has 7 heteroatoms. The predicted octanol–water partition coefficient (Wildman–Crippen LogP) is 2.16. The van der Waals surface area contributed by atoms with E-state index in [4.69, 9.17) is 10.9 Å². The summed E-state index contributed by atoms with van der Waals surface area (Å²) in [5.41, 5.74) is 5.27. The smallest absolute Gasteiger partial charge is 0.252 e. The van der Waals surface area contributed by atoms with E-state index in [2.05, 4.69) is 26.4 Å². The normalized spacial score (nSPS) is 15.4. The second-order valence-corrected chi connectivity index (χ2v) is 6.05. The maximum absolute atomic E-state index is 11.9. The minimum absolute atomic E-state index is 0.0114. The monoisotopic (exact) mass is 319 g/mol. The van der Waals surface area contributed by atoms with E-state index in [9.17, 15) is 4.79 Å². The van der Waals surface area contributed by atoms with Gasteiger partial charge in [-0.1, -0.05) is 12.1 Å². The molecule has 0 saturated heterocycles. The number of amidine groups is 1. The minimum Gasteiger partial charge on any atom is -0.409 e. The van der Waals surface area contributed by atoms with Gasteiger partial charge in [-0.05, 0) is 35.3 Å². The topological polar surface area (TPSA) is 87.7 Å². The van der Waals surface area contributed by atoms with Crippen molar-refractivity contribution < 1.29 is 10.0 Å². The first-order chi connectivity index (χ1) is 7.92. The van der Waals surface area contributed by atoms with Crippen LogP contribution in [-0.2, 0) is 0 Å². The molecule has 1 atom stereocenters. The molecule has 1 amide bonds. The lowest BCUT2D eigenvalue weighted by Crippen LogP contribution is -2.55. The van der Waals surface area contributed by atoms with Crippen LogP contribution in [0.25, 0.3) is 0 Å². The fourth-order valence-electron chi connectivity index (χ4n) is 1.20. The van der Waals surface area contributed by atoms with E-state index in [-0.39, 0.29) is 11.7 Å². The standard InChI is InChI=1S/C10H14BrN3O2S/c1-3-10(2,9(12)14-16)13-8(15)6-4-7(11)17-5-6/h4-5,16H,3H2,1-2H3,(H2,12,14)(H,13,15). The first kappa shape index (κ1) is 14.0. The first-order valence-corrected chi connectivity index (χ1v) is 6.64. The van der Waals surface area contributed by atoms with Crippen LogP contribution >= 0.6 is 27.3 Å². The number of rotatable bonds is 4. The molecular formula is C10H14BrN3O2S. The largest absolute Gasteiger partial charge is 0.409 e. The van der Waals surface area contributed by atoms with Crippen LogP contribution in [0.4, 0.5) is 0 Å². The van der Waals surface area contributed by atoms with E-state index in [0.717, 1.165) is 3.79 Å². The first-order valence-electron chi connectivity index (χ1n) is 4.97. The third-order valence-corrected chi connectivity index (χ3v) is 4.10. The van der Waals surface area contributed by atoms with Crippen LogP contribution in [0.3, 0.4) is 0 Å². The lowest BCUT2D eigenvalue weighted by atomic mass is 9.97. The van der Waals surface area contributed by atoms with E-state index in [1.165, 1.54) is 11.3 Å². The molecule has 5 nitrogen and oxygen atoms in total. The number of nitrogens with two attached hydrogens (primary N) is 1. The zero-order valence-electron chi connectivity index (χ0n) is 9.53. The SMILES string of the molecule is CCC(C)(NC(=O)c1csc(Br)c1)C(N)=NO. The predicted molar refractivity (Wildman–Crippen MR) is 71.6 cm³/mol. The molecule has 1 rings (SSSR count). The Bertz CT molecular complexity index is 447. The van der Waals surface area contributed by atoms with E-state index in [1.54, 1.807) is 18.4 Å². The fraction of sp³-hybridized carbons (Fsp3) is 0.400. The minimum atomic E-state index is -0.847. The van der Waals surface area contributed by atoms with Crippen molar-refractivity contribution >= 4 is 39.0 Å². The van der Waals surface area contributed by atoms with Gasteiger partial charge in [0, 0.05) is 5.38 Å². The van der Waals surface area contributed by atoms with Crippen molar-refractivity contribution in [3.8, 4) is 0 Å². The molecule has 0 aliphatic heterocycles. The lowest BCUT2D eigenvalue weighted by molar-refractivity contribution is 0.0925. The summed E-state index contributed by atoms with van der Waals surface area (Å²) >= 11 is 4.72. The Morgan fingerprint density at radius 2 is 2.41 bits per heavy atom. The average molecular weight is 320 g/mol. The van der Waals surface area contributed by atoms with Gasteiger partial charge in [-0.25, -0.2) is 0 Å². The number of hydrogen-bond donors (Lipinski definition) is 3. The molecular weight excluding hydrogens is 306 g/mol. The summed E-state index contributed by atoms with van der Waals surface area (Å²) < 4.78 is 0.879. The van der Waals surface area contributed by atoms with Gasteiger partial charge in [0.05, 0.1) is 14.9 Å². The van der Waals surface area contributed by atoms with Gasteiger partial charge in [0.2, 0.25) is 0 Å². The molecule has 0 aliphatic rings. The van der Waals surface area contributed by atoms with Crippen LogP contribution in [0, 0.1) is 0 Å². The van der Waals surface area contributed by atoms with Crippen molar-refractivity contribution in [1.82, 2.24) is 5.32 Å². The van der Waals surface area contributed by atoms with Crippen molar-refractivity contribution in [2.45, 2.75) is 25.8 Å². The Balaban J connectivity index is 2.86. The highest BCUT2D eigenvalue weighted by molar-refractivity contribution is 9.11. The van der Waals surface area contributed by atoms with E-state index in [0.29, 0.717) is 12.0 Å². The van der Waals surface area contributed by atoms with Gasteiger partial charge >= 0.3 is 0 Å². The molecule has 0 aromatic carbocycles. The lowest BCUT2D eigenvalue weighted by Gasteiger charge is -2.27. The van der Waals surface area contributed by atoms with Gasteiger partial charge < -0.3 is 16.3 Å². The summed E-state index contributed by atoms with van der Waals surface area (Å²) in [5, 5.41) is 16.1. The average Bonchev–Trinajstić information content (AvgIpc) is 2.74. The molecule has 1 unspecified atom stereocenters. The van der Waals surface area contributed by atoms with Gasteiger partial charge in [0.1, 0.15) is 0 Å². The number of oxime groups is 1. The summed E-state index contributed by atoms with van der Waals surface area (Å²) in [6, 6.07) is 1.72.